The molecule has 1 heterocycles. The number of phenols is 1. The van der Waals surface area contributed by atoms with Gasteiger partial charge in [0.2, 0.25) is 6.10 Å². The number of hydrogen-bond acceptors (Lipinski definition) is 5. The molecule has 0 saturated carbocycles. The van der Waals surface area contributed by atoms with Crippen LogP contribution in [-0.2, 0) is 14.3 Å². The maximum absolute atomic E-state index is 12.9. The number of carbonyl (C=O) groups is 2. The van der Waals surface area contributed by atoms with Crippen molar-refractivity contribution in [1.29, 1.82) is 0 Å². The van der Waals surface area contributed by atoms with Crippen molar-refractivity contribution < 1.29 is 24.2 Å². The summed E-state index contributed by atoms with van der Waals surface area (Å²) < 4.78 is 10.8. The zero-order chi connectivity index (χ0) is 18.5. The summed E-state index contributed by atoms with van der Waals surface area (Å²) in [6.07, 6.45) is -1.07. The molecule has 6 heteroatoms. The van der Waals surface area contributed by atoms with Crippen LogP contribution in [0.2, 0.25) is 0 Å². The largest absolute Gasteiger partial charge is 0.507 e. The first-order valence-electron chi connectivity index (χ1n) is 8.49. The lowest BCUT2D eigenvalue weighted by atomic mass is 10.1. The van der Waals surface area contributed by atoms with E-state index in [2.05, 4.69) is 0 Å². The standard InChI is InChI=1S/C20H21NO5/c1-14-6-5-9-16(17(14)22)20(24)26-18(15-7-3-2-4-8-15)19(23)21-10-12-25-13-11-21/h2-9,18,22H,10-13H2,1H3/t18-/m0/s1. The highest BCUT2D eigenvalue weighted by molar-refractivity contribution is 5.95. The number of amides is 1. The van der Waals surface area contributed by atoms with Crippen molar-refractivity contribution in [2.45, 2.75) is 13.0 Å². The second-order valence-corrected chi connectivity index (χ2v) is 6.10. The Morgan fingerprint density at radius 3 is 2.46 bits per heavy atom. The summed E-state index contributed by atoms with van der Waals surface area (Å²) in [6, 6.07) is 13.7. The van der Waals surface area contributed by atoms with Crippen LogP contribution in [0.1, 0.15) is 27.6 Å². The van der Waals surface area contributed by atoms with Crippen LogP contribution in [0.4, 0.5) is 0 Å². The predicted octanol–water partition coefficient (Wildman–Crippen LogP) is 2.46. The zero-order valence-corrected chi connectivity index (χ0v) is 14.6. The lowest BCUT2D eigenvalue weighted by Gasteiger charge is -2.30. The van der Waals surface area contributed by atoms with Crippen molar-refractivity contribution in [3.8, 4) is 5.75 Å². The summed E-state index contributed by atoms with van der Waals surface area (Å²) in [5, 5.41) is 10.1. The van der Waals surface area contributed by atoms with Gasteiger partial charge >= 0.3 is 5.97 Å². The number of rotatable bonds is 4. The molecule has 1 aliphatic heterocycles. The first-order valence-corrected chi connectivity index (χ1v) is 8.49. The molecule has 1 amide bonds. The number of esters is 1. The van der Waals surface area contributed by atoms with E-state index in [-0.39, 0.29) is 17.2 Å². The number of ether oxygens (including phenoxy) is 2. The molecule has 1 fully saturated rings. The smallest absolute Gasteiger partial charge is 0.343 e. The zero-order valence-electron chi connectivity index (χ0n) is 14.6. The minimum atomic E-state index is -1.07. The molecule has 3 rings (SSSR count). The van der Waals surface area contributed by atoms with Gasteiger partial charge < -0.3 is 19.5 Å². The van der Waals surface area contributed by atoms with Crippen molar-refractivity contribution in [3.05, 3.63) is 65.2 Å². The molecular weight excluding hydrogens is 334 g/mol. The van der Waals surface area contributed by atoms with E-state index >= 15 is 0 Å². The van der Waals surface area contributed by atoms with E-state index in [1.165, 1.54) is 6.07 Å². The van der Waals surface area contributed by atoms with Crippen molar-refractivity contribution in [3.63, 3.8) is 0 Å². The number of carbonyl (C=O) groups excluding carboxylic acids is 2. The van der Waals surface area contributed by atoms with E-state index in [1.807, 2.05) is 6.07 Å². The number of nitrogens with zero attached hydrogens (tertiary/aromatic N) is 1. The number of aryl methyl sites for hydroxylation is 1. The second kappa shape index (κ2) is 8.01. The second-order valence-electron chi connectivity index (χ2n) is 6.10. The van der Waals surface area contributed by atoms with E-state index in [4.69, 9.17) is 9.47 Å². The molecule has 0 bridgehead atoms. The molecule has 136 valence electrons. The van der Waals surface area contributed by atoms with Gasteiger partial charge in [-0.05, 0) is 18.6 Å². The molecule has 6 nitrogen and oxygen atoms in total. The maximum Gasteiger partial charge on any atom is 0.343 e. The Bertz CT molecular complexity index is 784. The van der Waals surface area contributed by atoms with E-state index < -0.39 is 12.1 Å². The summed E-state index contributed by atoms with van der Waals surface area (Å²) in [5.74, 6) is -1.16. The molecule has 2 aromatic rings. The fraction of sp³-hybridized carbons (Fsp3) is 0.300. The van der Waals surface area contributed by atoms with Crippen LogP contribution in [0.3, 0.4) is 0 Å². The fourth-order valence-corrected chi connectivity index (χ4v) is 2.83. The van der Waals surface area contributed by atoms with Gasteiger partial charge in [0.15, 0.2) is 0 Å². The molecule has 1 N–H and O–H groups in total. The number of morpholine rings is 1. The Labute approximate surface area is 152 Å². The van der Waals surface area contributed by atoms with E-state index in [0.29, 0.717) is 37.4 Å². The minimum absolute atomic E-state index is 0.0423. The van der Waals surface area contributed by atoms with Gasteiger partial charge in [0.05, 0.1) is 13.2 Å². The lowest BCUT2D eigenvalue weighted by molar-refractivity contribution is -0.145. The average Bonchev–Trinajstić information content (AvgIpc) is 2.69. The van der Waals surface area contributed by atoms with E-state index in [9.17, 15) is 14.7 Å². The molecule has 1 aliphatic rings. The Morgan fingerprint density at radius 2 is 1.77 bits per heavy atom. The SMILES string of the molecule is Cc1cccc(C(=O)O[C@H](C(=O)N2CCOCC2)c2ccccc2)c1O. The molecule has 26 heavy (non-hydrogen) atoms. The summed E-state index contributed by atoms with van der Waals surface area (Å²) >= 11 is 0. The van der Waals surface area contributed by atoms with Gasteiger partial charge in [-0.15, -0.1) is 0 Å². The summed E-state index contributed by atoms with van der Waals surface area (Å²) in [5.41, 5.74) is 1.19. The van der Waals surface area contributed by atoms with Gasteiger partial charge in [0, 0.05) is 18.7 Å². The molecule has 0 unspecified atom stereocenters. The van der Waals surface area contributed by atoms with Crippen LogP contribution in [0.5, 0.6) is 5.75 Å². The highest BCUT2D eigenvalue weighted by Gasteiger charge is 2.31. The summed E-state index contributed by atoms with van der Waals surface area (Å²) in [6.45, 7) is 3.52. The Kier molecular flexibility index (Phi) is 5.53. The van der Waals surface area contributed by atoms with Gasteiger partial charge in [0.1, 0.15) is 11.3 Å². The first kappa shape index (κ1) is 17.9. The van der Waals surface area contributed by atoms with Gasteiger partial charge in [-0.2, -0.15) is 0 Å². The van der Waals surface area contributed by atoms with Crippen molar-refractivity contribution >= 4 is 11.9 Å². The number of aromatic hydroxyl groups is 1. The molecule has 2 aromatic carbocycles. The third-order valence-electron chi connectivity index (χ3n) is 4.33. The lowest BCUT2D eigenvalue weighted by Crippen LogP contribution is -2.44. The minimum Gasteiger partial charge on any atom is -0.507 e. The van der Waals surface area contributed by atoms with Crippen molar-refractivity contribution in [1.82, 2.24) is 4.90 Å². The van der Waals surface area contributed by atoms with Gasteiger partial charge in [0.25, 0.3) is 5.91 Å². The highest BCUT2D eigenvalue weighted by atomic mass is 16.5. The molecule has 0 aliphatic carbocycles. The molecule has 1 saturated heterocycles. The van der Waals surface area contributed by atoms with Crippen LogP contribution < -0.4 is 0 Å². The van der Waals surface area contributed by atoms with Crippen molar-refractivity contribution in [2.75, 3.05) is 26.3 Å². The highest BCUT2D eigenvalue weighted by Crippen LogP contribution is 2.27. The van der Waals surface area contributed by atoms with Crippen LogP contribution in [0.15, 0.2) is 48.5 Å². The third kappa shape index (κ3) is 3.86. The number of phenolic OH excluding ortho intramolecular Hbond substituents is 1. The van der Waals surface area contributed by atoms with E-state index in [1.54, 1.807) is 48.2 Å². The maximum atomic E-state index is 12.9. The fourth-order valence-electron chi connectivity index (χ4n) is 2.83. The van der Waals surface area contributed by atoms with Gasteiger partial charge in [-0.25, -0.2) is 4.79 Å². The molecule has 0 spiro atoms. The molecule has 0 aromatic heterocycles. The monoisotopic (exact) mass is 355 g/mol. The van der Waals surface area contributed by atoms with Crippen LogP contribution in [0, 0.1) is 6.92 Å². The topological polar surface area (TPSA) is 76.1 Å². The van der Waals surface area contributed by atoms with Crippen LogP contribution >= 0.6 is 0 Å². The quantitative estimate of drug-likeness (QED) is 0.853. The Hall–Kier alpha value is -2.86. The van der Waals surface area contributed by atoms with Gasteiger partial charge in [-0.3, -0.25) is 4.79 Å². The van der Waals surface area contributed by atoms with Crippen LogP contribution in [0.25, 0.3) is 0 Å². The number of hydrogen-bond donors (Lipinski definition) is 1. The Balaban J connectivity index is 1.87. The van der Waals surface area contributed by atoms with Crippen LogP contribution in [-0.4, -0.2) is 48.2 Å². The molecule has 0 radical (unpaired) electrons. The van der Waals surface area contributed by atoms with Crippen molar-refractivity contribution in [2.24, 2.45) is 0 Å². The average molecular weight is 355 g/mol. The first-order chi connectivity index (χ1) is 12.6. The summed E-state index contributed by atoms with van der Waals surface area (Å²) in [4.78, 5) is 27.2. The normalized spacial score (nSPS) is 15.3. The van der Waals surface area contributed by atoms with Gasteiger partial charge in [-0.1, -0.05) is 42.5 Å². The third-order valence-corrected chi connectivity index (χ3v) is 4.33. The van der Waals surface area contributed by atoms with E-state index in [0.717, 1.165) is 0 Å². The predicted molar refractivity (Wildman–Crippen MR) is 94.8 cm³/mol. The number of para-hydroxylation sites is 1. The number of benzene rings is 2. The molecule has 1 atom stereocenters. The Morgan fingerprint density at radius 1 is 1.08 bits per heavy atom. The summed E-state index contributed by atoms with van der Waals surface area (Å²) in [7, 11) is 0. The molecular formula is C20H21NO5.